The zero-order valence-corrected chi connectivity index (χ0v) is 12.5. The molecule has 3 N–H and O–H groups in total. The Kier molecular flexibility index (Phi) is 5.35. The lowest BCUT2D eigenvalue weighted by Crippen LogP contribution is -2.25. The molecule has 2 aromatic heterocycles. The van der Waals surface area contributed by atoms with Crippen molar-refractivity contribution in [1.82, 2.24) is 15.3 Å². The molecule has 0 aliphatic carbocycles. The lowest BCUT2D eigenvalue weighted by atomic mass is 10.2. The first-order valence-electron chi connectivity index (χ1n) is 6.72. The topological polar surface area (TPSA) is 80.9 Å². The third-order valence-electron chi connectivity index (χ3n) is 2.89. The molecule has 0 unspecified atom stereocenters. The highest BCUT2D eigenvalue weighted by molar-refractivity contribution is 7.11. The zero-order valence-electron chi connectivity index (χ0n) is 11.7. The van der Waals surface area contributed by atoms with Crippen LogP contribution in [-0.4, -0.2) is 22.4 Å². The predicted molar refractivity (Wildman–Crippen MR) is 79.6 cm³/mol. The molecule has 2 aromatic rings. The summed E-state index contributed by atoms with van der Waals surface area (Å²) in [5.74, 6) is -0.743. The van der Waals surface area contributed by atoms with Crippen molar-refractivity contribution in [2.75, 3.05) is 6.54 Å². The number of rotatable bonds is 6. The van der Waals surface area contributed by atoms with Crippen molar-refractivity contribution < 1.29 is 9.18 Å². The molecule has 0 bridgehead atoms. The molecule has 0 aliphatic rings. The third-order valence-corrected chi connectivity index (χ3v) is 4.15. The Morgan fingerprint density at radius 2 is 2.33 bits per heavy atom. The highest BCUT2D eigenvalue weighted by Gasteiger charge is 2.17. The molecule has 2 rings (SSSR count). The average molecular weight is 308 g/mol. The SMILES string of the molecule is CCc1sc(CCN)nc1C(=O)NCc1ncccc1F. The minimum atomic E-state index is -0.435. The van der Waals surface area contributed by atoms with E-state index in [9.17, 15) is 9.18 Å². The fraction of sp³-hybridized carbons (Fsp3) is 0.357. The fourth-order valence-electron chi connectivity index (χ4n) is 1.84. The van der Waals surface area contributed by atoms with Crippen molar-refractivity contribution in [2.45, 2.75) is 26.3 Å². The van der Waals surface area contributed by atoms with Gasteiger partial charge in [0.15, 0.2) is 0 Å². The largest absolute Gasteiger partial charge is 0.345 e. The van der Waals surface area contributed by atoms with Gasteiger partial charge in [-0.05, 0) is 25.1 Å². The molecule has 0 atom stereocenters. The fourth-order valence-corrected chi connectivity index (χ4v) is 2.86. The van der Waals surface area contributed by atoms with Crippen molar-refractivity contribution in [3.8, 4) is 0 Å². The molecule has 0 spiro atoms. The van der Waals surface area contributed by atoms with Crippen molar-refractivity contribution >= 4 is 17.2 Å². The quantitative estimate of drug-likeness (QED) is 0.850. The van der Waals surface area contributed by atoms with Gasteiger partial charge in [-0.15, -0.1) is 11.3 Å². The van der Waals surface area contributed by atoms with E-state index in [-0.39, 0.29) is 18.1 Å². The van der Waals surface area contributed by atoms with E-state index in [2.05, 4.69) is 15.3 Å². The molecule has 2 heterocycles. The monoisotopic (exact) mass is 308 g/mol. The second kappa shape index (κ2) is 7.24. The molecular weight excluding hydrogens is 291 g/mol. The molecule has 0 saturated heterocycles. The summed E-state index contributed by atoms with van der Waals surface area (Å²) in [6.45, 7) is 2.50. The van der Waals surface area contributed by atoms with Crippen LogP contribution in [0.25, 0.3) is 0 Å². The van der Waals surface area contributed by atoms with Crippen molar-refractivity contribution in [3.05, 3.63) is 45.4 Å². The molecule has 0 radical (unpaired) electrons. The van der Waals surface area contributed by atoms with Crippen LogP contribution < -0.4 is 11.1 Å². The van der Waals surface area contributed by atoms with Crippen molar-refractivity contribution in [2.24, 2.45) is 5.73 Å². The second-order valence-corrected chi connectivity index (χ2v) is 5.55. The highest BCUT2D eigenvalue weighted by Crippen LogP contribution is 2.19. The number of hydrogen-bond acceptors (Lipinski definition) is 5. The number of carbonyl (C=O) groups excluding carboxylic acids is 1. The molecule has 0 aromatic carbocycles. The zero-order chi connectivity index (χ0) is 15.2. The van der Waals surface area contributed by atoms with Crippen LogP contribution in [0.5, 0.6) is 0 Å². The summed E-state index contributed by atoms with van der Waals surface area (Å²) in [5, 5.41) is 3.51. The summed E-state index contributed by atoms with van der Waals surface area (Å²) in [6, 6.07) is 2.82. The van der Waals surface area contributed by atoms with Gasteiger partial charge in [-0.2, -0.15) is 0 Å². The first-order valence-corrected chi connectivity index (χ1v) is 7.53. The maximum absolute atomic E-state index is 13.5. The van der Waals surface area contributed by atoms with Crippen LogP contribution in [0.4, 0.5) is 4.39 Å². The first-order chi connectivity index (χ1) is 10.2. The Bertz CT molecular complexity index is 629. The number of halogens is 1. The van der Waals surface area contributed by atoms with Crippen LogP contribution in [-0.2, 0) is 19.4 Å². The summed E-state index contributed by atoms with van der Waals surface area (Å²) in [4.78, 5) is 21.3. The Hall–Kier alpha value is -1.86. The van der Waals surface area contributed by atoms with Gasteiger partial charge < -0.3 is 11.1 Å². The van der Waals surface area contributed by atoms with Gasteiger partial charge in [0.1, 0.15) is 11.5 Å². The minimum Gasteiger partial charge on any atom is -0.345 e. The van der Waals surface area contributed by atoms with Gasteiger partial charge in [-0.3, -0.25) is 9.78 Å². The number of pyridine rings is 1. The maximum Gasteiger partial charge on any atom is 0.271 e. The number of nitrogens with two attached hydrogens (primary N) is 1. The minimum absolute atomic E-state index is 0.0401. The van der Waals surface area contributed by atoms with Crippen LogP contribution in [0.2, 0.25) is 0 Å². The molecule has 112 valence electrons. The van der Waals surface area contributed by atoms with E-state index in [1.54, 1.807) is 0 Å². The second-order valence-electron chi connectivity index (χ2n) is 4.39. The van der Waals surface area contributed by atoms with E-state index in [1.807, 2.05) is 6.92 Å². The van der Waals surface area contributed by atoms with Gasteiger partial charge in [0, 0.05) is 17.5 Å². The molecule has 0 saturated carbocycles. The van der Waals surface area contributed by atoms with E-state index in [0.717, 1.165) is 16.3 Å². The van der Waals surface area contributed by atoms with Crippen LogP contribution >= 0.6 is 11.3 Å². The van der Waals surface area contributed by atoms with Gasteiger partial charge in [-0.25, -0.2) is 9.37 Å². The van der Waals surface area contributed by atoms with E-state index >= 15 is 0 Å². The van der Waals surface area contributed by atoms with Crippen molar-refractivity contribution in [3.63, 3.8) is 0 Å². The lowest BCUT2D eigenvalue weighted by Gasteiger charge is -2.04. The number of aromatic nitrogens is 2. The smallest absolute Gasteiger partial charge is 0.271 e. The number of aryl methyl sites for hydroxylation is 1. The summed E-state index contributed by atoms with van der Waals surface area (Å²) in [5.41, 5.74) is 6.12. The maximum atomic E-state index is 13.5. The number of nitrogens with one attached hydrogen (secondary N) is 1. The number of hydrogen-bond donors (Lipinski definition) is 2. The highest BCUT2D eigenvalue weighted by atomic mass is 32.1. The van der Waals surface area contributed by atoms with Gasteiger partial charge in [0.05, 0.1) is 17.2 Å². The Labute approximate surface area is 126 Å². The molecule has 7 heteroatoms. The molecule has 0 aliphatic heterocycles. The van der Waals surface area contributed by atoms with Crippen LogP contribution in [0.15, 0.2) is 18.3 Å². The number of carbonyl (C=O) groups is 1. The summed E-state index contributed by atoms with van der Waals surface area (Å²) in [7, 11) is 0. The average Bonchev–Trinajstić information content (AvgIpc) is 2.90. The van der Waals surface area contributed by atoms with Gasteiger partial charge in [0.25, 0.3) is 5.91 Å². The lowest BCUT2D eigenvalue weighted by molar-refractivity contribution is 0.0944. The Morgan fingerprint density at radius 3 is 3.00 bits per heavy atom. The standard InChI is InChI=1S/C14H17FN4OS/c1-2-11-13(19-12(21-11)5-6-16)14(20)18-8-10-9(15)4-3-7-17-10/h3-4,7H,2,5-6,8,16H2,1H3,(H,18,20). The molecule has 0 fully saturated rings. The van der Waals surface area contributed by atoms with Crippen LogP contribution in [0.3, 0.4) is 0 Å². The molecule has 1 amide bonds. The van der Waals surface area contributed by atoms with E-state index in [4.69, 9.17) is 5.73 Å². The number of thiazole rings is 1. The summed E-state index contributed by atoms with van der Waals surface area (Å²) < 4.78 is 13.5. The van der Waals surface area contributed by atoms with Crippen LogP contribution in [0.1, 0.15) is 33.0 Å². The number of amides is 1. The number of nitrogens with zero attached hydrogens (tertiary/aromatic N) is 2. The normalized spacial score (nSPS) is 10.6. The summed E-state index contributed by atoms with van der Waals surface area (Å²) >= 11 is 1.50. The molecule has 21 heavy (non-hydrogen) atoms. The van der Waals surface area contributed by atoms with Crippen LogP contribution in [0, 0.1) is 5.82 Å². The molecule has 5 nitrogen and oxygen atoms in total. The predicted octanol–water partition coefficient (Wildman–Crippen LogP) is 1.67. The Morgan fingerprint density at radius 1 is 1.52 bits per heavy atom. The third kappa shape index (κ3) is 3.83. The van der Waals surface area contributed by atoms with E-state index < -0.39 is 5.82 Å². The van der Waals surface area contributed by atoms with Gasteiger partial charge >= 0.3 is 0 Å². The van der Waals surface area contributed by atoms with Gasteiger partial charge in [-0.1, -0.05) is 6.92 Å². The van der Waals surface area contributed by atoms with Gasteiger partial charge in [0.2, 0.25) is 0 Å². The first kappa shape index (κ1) is 15.5. The van der Waals surface area contributed by atoms with E-state index in [0.29, 0.717) is 18.7 Å². The summed E-state index contributed by atoms with van der Waals surface area (Å²) in [6.07, 6.45) is 2.87. The van der Waals surface area contributed by atoms with Crippen molar-refractivity contribution in [1.29, 1.82) is 0 Å². The van der Waals surface area contributed by atoms with E-state index in [1.165, 1.54) is 29.7 Å². The molecular formula is C14H17FN4OS. The Balaban J connectivity index is 2.08.